The van der Waals surface area contributed by atoms with Gasteiger partial charge in [-0.15, -0.1) is 0 Å². The number of hydrogen-bond acceptors (Lipinski definition) is 0. The van der Waals surface area contributed by atoms with Crippen molar-refractivity contribution in [3.8, 4) is 22.3 Å². The maximum atomic E-state index is 8.78. The van der Waals surface area contributed by atoms with E-state index >= 15 is 0 Å². The summed E-state index contributed by atoms with van der Waals surface area (Å²) in [6.07, 6.45) is 24.0. The zero-order chi connectivity index (χ0) is 59.9. The predicted molar refractivity (Wildman–Crippen MR) is 363 cm³/mol. The fraction of sp³-hybridized carbons (Fsp3) is 0.333. The van der Waals surface area contributed by atoms with E-state index in [0.717, 1.165) is 14.4 Å². The van der Waals surface area contributed by atoms with Gasteiger partial charge in [0, 0.05) is 0 Å². The monoisotopic (exact) mass is 1520 g/mol. The Morgan fingerprint density at radius 1 is 0.345 bits per heavy atom. The van der Waals surface area contributed by atoms with Gasteiger partial charge in [-0.25, -0.2) is 0 Å². The van der Waals surface area contributed by atoms with Crippen molar-refractivity contribution in [1.29, 1.82) is 0 Å². The van der Waals surface area contributed by atoms with Crippen molar-refractivity contribution >= 4 is 40.8 Å². The Balaban J connectivity index is 0.000000175. The second-order valence-electron chi connectivity index (χ2n) is 29.2. The number of halogens is 4. The van der Waals surface area contributed by atoms with Gasteiger partial charge in [-0.1, -0.05) is 0 Å². The Morgan fingerprint density at radius 3 is 0.940 bits per heavy atom. The fourth-order valence-electron chi connectivity index (χ4n) is 15.0. The standard InChI is InChI=1S/2C21H25.C13H16.C13H10.2C5H5.4ClH.2Hf/c2*1-20(2,3)16-7-9-18-14(12-16)11-15-13-17(21(4,5)6)8-10-19(15)18;2*1-3-7-12(8-4-1)11-13-9-5-2-6-10-13;2*1-2-4-5-3-1;;;;;;/h2*7-13H,1-6H3;1,3-4,7-8,13H,2,5-6,9-10H2;1-10H;2*1-5H;4*1H;;/q;;;;;;;;;;2*+2/p-4. The van der Waals surface area contributed by atoms with E-state index < -0.39 is 31.3 Å². The first-order valence-corrected chi connectivity index (χ1v) is 60.6. The summed E-state index contributed by atoms with van der Waals surface area (Å²) >= 11 is -10.8. The van der Waals surface area contributed by atoms with Gasteiger partial charge in [-0.2, -0.15) is 0 Å². The van der Waals surface area contributed by atoms with Crippen LogP contribution in [0.15, 0.2) is 212 Å². The Bertz CT molecular complexity index is 3740. The molecule has 7 aromatic rings. The molecule has 0 heterocycles. The number of benzene rings is 7. The molecule has 0 unspecified atom stereocenters. The molecule has 0 saturated heterocycles. The number of hydrogen-bond donors (Lipinski definition) is 0. The molecule has 84 heavy (non-hydrogen) atoms. The van der Waals surface area contributed by atoms with Gasteiger partial charge >= 0.3 is 525 Å². The maximum absolute atomic E-state index is 8.78. The topological polar surface area (TPSA) is 0 Å². The van der Waals surface area contributed by atoms with Crippen molar-refractivity contribution in [3.63, 3.8) is 0 Å². The molecule has 1 fully saturated rings. The third-order valence-corrected chi connectivity index (χ3v) is 76.6. The van der Waals surface area contributed by atoms with Gasteiger partial charge in [0.2, 0.25) is 0 Å². The minimum absolute atomic E-state index is 0.00544. The van der Waals surface area contributed by atoms with Crippen LogP contribution in [0, 0.1) is 5.92 Å². The van der Waals surface area contributed by atoms with Crippen LogP contribution in [0.5, 0.6) is 0 Å². The first kappa shape index (κ1) is 61.8. The zero-order valence-corrected chi connectivity index (χ0v) is 61.9. The van der Waals surface area contributed by atoms with Crippen LogP contribution in [-0.2, 0) is 53.0 Å². The molecule has 6 heteroatoms. The van der Waals surface area contributed by atoms with Crippen LogP contribution < -0.4 is 0 Å². The first-order chi connectivity index (χ1) is 39.6. The predicted octanol–water partition coefficient (Wildman–Crippen LogP) is 23.6. The average molecular weight is 1520 g/mol. The molecule has 0 atom stereocenters. The molecule has 0 aliphatic heterocycles. The molecule has 0 N–H and O–H groups in total. The Kier molecular flexibility index (Phi) is 16.6. The van der Waals surface area contributed by atoms with E-state index in [-0.39, 0.29) is 36.4 Å². The van der Waals surface area contributed by atoms with E-state index in [1.807, 2.05) is 0 Å². The Morgan fingerprint density at radius 2 is 0.631 bits per heavy atom. The SMILES string of the molecule is CC(C)(C)c1ccc2c(c1)[CH]([Hf]([Cl])([Cl])(=[C](c1ccccc1)C1CCCCC1)[CH]1C=CC=C1)c1cc(C(C)(C)C)ccc1-2.CC(C)(C)c1ccc2c(c1)[CH]([Hf]([Cl])([Cl])(=[C](c1ccccc1)c1ccccc1)[CH]1C=CC=C1)c1cc(C(C)(C)C)ccc1-2. The molecular weight excluding hydrogens is 1440 g/mol. The third kappa shape index (κ3) is 10.9. The van der Waals surface area contributed by atoms with E-state index in [9.17, 15) is 0 Å². The zero-order valence-electron chi connectivity index (χ0n) is 51.6. The van der Waals surface area contributed by atoms with Crippen molar-refractivity contribution < 1.29 is 31.3 Å². The Hall–Kier alpha value is -3.86. The first-order valence-electron chi connectivity index (χ1n) is 30.9. The quantitative estimate of drug-likeness (QED) is 0.133. The van der Waals surface area contributed by atoms with E-state index in [1.54, 1.807) is 0 Å². The number of rotatable bonds is 8. The summed E-state index contributed by atoms with van der Waals surface area (Å²) < 4.78 is 2.41. The molecule has 0 bridgehead atoms. The minimum atomic E-state index is -5.48. The van der Waals surface area contributed by atoms with E-state index in [2.05, 4.69) is 295 Å². The van der Waals surface area contributed by atoms with Crippen molar-refractivity contribution in [3.05, 3.63) is 274 Å². The van der Waals surface area contributed by atoms with Crippen LogP contribution in [0.4, 0.5) is 0 Å². The van der Waals surface area contributed by atoms with E-state index in [1.165, 1.54) is 108 Å². The van der Waals surface area contributed by atoms with Crippen LogP contribution in [0.3, 0.4) is 0 Å². The van der Waals surface area contributed by atoms with Crippen molar-refractivity contribution in [1.82, 2.24) is 0 Å². The molecule has 0 nitrogen and oxygen atoms in total. The summed E-state index contributed by atoms with van der Waals surface area (Å²) in [5.74, 6) is 0.415. The van der Waals surface area contributed by atoms with E-state index in [0.29, 0.717) is 5.92 Å². The molecular formula is C78H86Cl4Hf2. The number of fused-ring (bicyclic) bond motifs is 6. The molecule has 434 valence electrons. The van der Waals surface area contributed by atoms with Gasteiger partial charge in [0.1, 0.15) is 0 Å². The van der Waals surface area contributed by atoms with E-state index in [4.69, 9.17) is 34.3 Å². The van der Waals surface area contributed by atoms with Gasteiger partial charge in [0.05, 0.1) is 0 Å². The molecule has 0 spiro atoms. The van der Waals surface area contributed by atoms with Crippen LogP contribution in [0.1, 0.15) is 184 Å². The van der Waals surface area contributed by atoms with Crippen LogP contribution in [0.2, 0.25) is 7.35 Å². The molecule has 5 aliphatic rings. The summed E-state index contributed by atoms with van der Waals surface area (Å²) in [5, 5.41) is 0. The molecule has 5 aliphatic carbocycles. The van der Waals surface area contributed by atoms with Crippen molar-refractivity contribution in [2.24, 2.45) is 5.92 Å². The molecule has 7 aromatic carbocycles. The van der Waals surface area contributed by atoms with Crippen LogP contribution in [-0.4, -0.2) is 6.51 Å². The summed E-state index contributed by atoms with van der Waals surface area (Å²) in [4.78, 5) is 0. The van der Waals surface area contributed by atoms with Gasteiger partial charge in [0.25, 0.3) is 0 Å². The van der Waals surface area contributed by atoms with Gasteiger partial charge < -0.3 is 0 Å². The van der Waals surface area contributed by atoms with Gasteiger partial charge in [0.15, 0.2) is 0 Å². The second kappa shape index (κ2) is 22.6. The fourth-order valence-corrected chi connectivity index (χ4v) is 72.6. The van der Waals surface area contributed by atoms with Gasteiger partial charge in [-0.05, 0) is 0 Å². The molecule has 0 aromatic heterocycles. The molecule has 12 rings (SSSR count). The van der Waals surface area contributed by atoms with Crippen molar-refractivity contribution in [2.45, 2.75) is 152 Å². The van der Waals surface area contributed by atoms with Gasteiger partial charge in [-0.3, -0.25) is 0 Å². The summed E-state index contributed by atoms with van der Waals surface area (Å²) in [6, 6.07) is 60.8. The third-order valence-electron chi connectivity index (χ3n) is 19.5. The molecule has 0 radical (unpaired) electrons. The van der Waals surface area contributed by atoms with Crippen LogP contribution >= 0.6 is 34.3 Å². The molecule has 0 amide bonds. The number of allylic oxidation sites excluding steroid dienone is 8. The summed E-state index contributed by atoms with van der Waals surface area (Å²) in [6.45, 7) is 27.6. The average Bonchev–Trinajstić information content (AvgIpc) is 1.43. The Labute approximate surface area is 520 Å². The summed E-state index contributed by atoms with van der Waals surface area (Å²) in [7, 11) is 34.9. The van der Waals surface area contributed by atoms with Crippen LogP contribution in [0.25, 0.3) is 22.3 Å². The van der Waals surface area contributed by atoms with Crippen molar-refractivity contribution in [2.75, 3.05) is 0 Å². The second-order valence-corrected chi connectivity index (χ2v) is 88.3. The molecule has 1 saturated carbocycles. The summed E-state index contributed by atoms with van der Waals surface area (Å²) in [5.41, 5.74) is 19.3. The normalized spacial score (nSPS) is 17.0.